The minimum Gasteiger partial charge on any atom is -0.497 e. The second-order valence-corrected chi connectivity index (χ2v) is 7.15. The van der Waals surface area contributed by atoms with Gasteiger partial charge in [-0.3, -0.25) is 14.6 Å². The standard InChI is InChI=1S/C21H18N6O5/c1-30-14-8-13(9-15(10-14)31-2)27-20(28)17-18(21(27)29)26(25-23-17)11-16-22-19(24-32-16)12-6-4-3-5-7-12/h3-10,17-18H,11H2,1-2H3/t17-,18+/m1/s1. The summed E-state index contributed by atoms with van der Waals surface area (Å²) in [6.07, 6.45) is 0. The predicted octanol–water partition coefficient (Wildman–Crippen LogP) is 2.25. The second-order valence-electron chi connectivity index (χ2n) is 7.15. The second kappa shape index (κ2) is 7.76. The van der Waals surface area contributed by atoms with Crippen LogP contribution in [0.2, 0.25) is 0 Å². The van der Waals surface area contributed by atoms with Gasteiger partial charge in [0, 0.05) is 23.8 Å². The number of fused-ring (bicyclic) bond motifs is 1. The van der Waals surface area contributed by atoms with E-state index in [0.29, 0.717) is 23.0 Å². The molecule has 2 aliphatic heterocycles. The van der Waals surface area contributed by atoms with Gasteiger partial charge in [-0.25, -0.2) is 4.90 Å². The van der Waals surface area contributed by atoms with Crippen LogP contribution in [-0.2, 0) is 16.1 Å². The number of amides is 2. The van der Waals surface area contributed by atoms with Crippen LogP contribution in [0.25, 0.3) is 11.4 Å². The molecule has 1 saturated heterocycles. The maximum Gasteiger partial charge on any atom is 0.263 e. The number of imide groups is 1. The van der Waals surface area contributed by atoms with Crippen molar-refractivity contribution in [3.63, 3.8) is 0 Å². The molecule has 0 saturated carbocycles. The Labute approximate surface area is 182 Å². The number of ether oxygens (including phenoxy) is 2. The molecular weight excluding hydrogens is 416 g/mol. The quantitative estimate of drug-likeness (QED) is 0.541. The maximum atomic E-state index is 13.2. The molecule has 2 aliphatic rings. The Hall–Kier alpha value is -4.28. The van der Waals surface area contributed by atoms with E-state index in [-0.39, 0.29) is 12.4 Å². The molecule has 1 fully saturated rings. The third kappa shape index (κ3) is 3.23. The molecule has 3 heterocycles. The van der Waals surface area contributed by atoms with Crippen LogP contribution in [0.3, 0.4) is 0 Å². The lowest BCUT2D eigenvalue weighted by molar-refractivity contribution is -0.123. The van der Waals surface area contributed by atoms with Gasteiger partial charge in [0.15, 0.2) is 12.1 Å². The zero-order valence-corrected chi connectivity index (χ0v) is 17.2. The molecule has 162 valence electrons. The van der Waals surface area contributed by atoms with Crippen LogP contribution >= 0.6 is 0 Å². The molecule has 0 radical (unpaired) electrons. The molecule has 32 heavy (non-hydrogen) atoms. The molecule has 1 aromatic heterocycles. The average molecular weight is 434 g/mol. The van der Waals surface area contributed by atoms with Gasteiger partial charge in [-0.05, 0) is 0 Å². The highest BCUT2D eigenvalue weighted by Crippen LogP contribution is 2.36. The van der Waals surface area contributed by atoms with Crippen molar-refractivity contribution in [1.29, 1.82) is 0 Å². The van der Waals surface area contributed by atoms with E-state index in [2.05, 4.69) is 20.5 Å². The van der Waals surface area contributed by atoms with Crippen molar-refractivity contribution in [1.82, 2.24) is 15.1 Å². The third-order valence-electron chi connectivity index (χ3n) is 5.25. The SMILES string of the molecule is COc1cc(OC)cc(N2C(=O)[C@@H]3[C@@H](N=NN3Cc3nc(-c4ccccc4)no3)C2=O)c1. The van der Waals surface area contributed by atoms with Crippen molar-refractivity contribution in [2.24, 2.45) is 10.3 Å². The molecule has 5 rings (SSSR count). The minimum absolute atomic E-state index is 0.0405. The summed E-state index contributed by atoms with van der Waals surface area (Å²) in [5.74, 6) is 0.655. The molecular formula is C21H18N6O5. The molecule has 0 bridgehead atoms. The van der Waals surface area contributed by atoms with Crippen LogP contribution in [0.4, 0.5) is 5.69 Å². The average Bonchev–Trinajstić information content (AvgIpc) is 3.52. The highest BCUT2D eigenvalue weighted by molar-refractivity contribution is 6.25. The number of benzene rings is 2. The zero-order valence-electron chi connectivity index (χ0n) is 17.2. The van der Waals surface area contributed by atoms with Crippen molar-refractivity contribution >= 4 is 17.5 Å². The number of rotatable bonds is 6. The van der Waals surface area contributed by atoms with E-state index in [4.69, 9.17) is 14.0 Å². The molecule has 11 heteroatoms. The first kappa shape index (κ1) is 19.7. The number of nitrogens with zero attached hydrogens (tertiary/aromatic N) is 6. The number of hydrogen-bond donors (Lipinski definition) is 0. The van der Waals surface area contributed by atoms with E-state index < -0.39 is 23.9 Å². The Morgan fingerprint density at radius 3 is 2.41 bits per heavy atom. The molecule has 0 aliphatic carbocycles. The molecule has 2 amide bonds. The Morgan fingerprint density at radius 2 is 1.72 bits per heavy atom. The van der Waals surface area contributed by atoms with E-state index in [9.17, 15) is 9.59 Å². The third-order valence-corrected chi connectivity index (χ3v) is 5.25. The highest BCUT2D eigenvalue weighted by Gasteiger charge is 2.55. The Kier molecular flexibility index (Phi) is 4.77. The smallest absolute Gasteiger partial charge is 0.263 e. The number of carbonyl (C=O) groups is 2. The first-order chi connectivity index (χ1) is 15.6. The lowest BCUT2D eigenvalue weighted by Crippen LogP contribution is -2.39. The van der Waals surface area contributed by atoms with Crippen molar-refractivity contribution in [2.75, 3.05) is 19.1 Å². The summed E-state index contributed by atoms with van der Waals surface area (Å²) in [4.78, 5) is 31.6. The summed E-state index contributed by atoms with van der Waals surface area (Å²) in [6, 6.07) is 12.3. The zero-order chi connectivity index (χ0) is 22.2. The largest absolute Gasteiger partial charge is 0.497 e. The van der Waals surface area contributed by atoms with Gasteiger partial charge in [-0.2, -0.15) is 10.1 Å². The van der Waals surface area contributed by atoms with Crippen LogP contribution in [0.1, 0.15) is 5.89 Å². The van der Waals surface area contributed by atoms with Gasteiger partial charge >= 0.3 is 0 Å². The minimum atomic E-state index is -0.948. The van der Waals surface area contributed by atoms with Gasteiger partial charge in [-0.1, -0.05) is 40.7 Å². The Bertz CT molecular complexity index is 1190. The number of hydrogen-bond acceptors (Lipinski definition) is 10. The summed E-state index contributed by atoms with van der Waals surface area (Å²) >= 11 is 0. The van der Waals surface area contributed by atoms with E-state index >= 15 is 0 Å². The van der Waals surface area contributed by atoms with Gasteiger partial charge in [0.2, 0.25) is 11.7 Å². The molecule has 3 aromatic rings. The molecule has 0 N–H and O–H groups in total. The summed E-state index contributed by atoms with van der Waals surface area (Å²) < 4.78 is 15.8. The van der Waals surface area contributed by atoms with Crippen molar-refractivity contribution in [3.05, 3.63) is 54.4 Å². The summed E-state index contributed by atoms with van der Waals surface area (Å²) in [6.45, 7) is 0.0405. The Morgan fingerprint density at radius 1 is 1.00 bits per heavy atom. The van der Waals surface area contributed by atoms with Crippen LogP contribution in [0.5, 0.6) is 11.5 Å². The van der Waals surface area contributed by atoms with Crippen molar-refractivity contribution < 1.29 is 23.6 Å². The summed E-state index contributed by atoms with van der Waals surface area (Å²) in [5, 5.41) is 13.4. The van der Waals surface area contributed by atoms with Crippen LogP contribution in [0.15, 0.2) is 63.4 Å². The monoisotopic (exact) mass is 434 g/mol. The van der Waals surface area contributed by atoms with Gasteiger partial charge in [0.25, 0.3) is 11.8 Å². The van der Waals surface area contributed by atoms with Gasteiger partial charge < -0.3 is 14.0 Å². The fourth-order valence-electron chi connectivity index (χ4n) is 3.69. The fourth-order valence-corrected chi connectivity index (χ4v) is 3.69. The van der Waals surface area contributed by atoms with Crippen LogP contribution in [-0.4, -0.2) is 53.3 Å². The van der Waals surface area contributed by atoms with E-state index in [1.54, 1.807) is 18.2 Å². The topological polar surface area (TPSA) is 123 Å². The molecule has 0 unspecified atom stereocenters. The maximum absolute atomic E-state index is 13.2. The molecule has 2 atom stereocenters. The lowest BCUT2D eigenvalue weighted by Gasteiger charge is -2.20. The van der Waals surface area contributed by atoms with E-state index in [0.717, 1.165) is 10.5 Å². The first-order valence-electron chi connectivity index (χ1n) is 9.75. The number of methoxy groups -OCH3 is 2. The van der Waals surface area contributed by atoms with Crippen LogP contribution < -0.4 is 14.4 Å². The van der Waals surface area contributed by atoms with Crippen LogP contribution in [0, 0.1) is 0 Å². The highest BCUT2D eigenvalue weighted by atomic mass is 16.5. The summed E-state index contributed by atoms with van der Waals surface area (Å²) in [7, 11) is 2.98. The first-order valence-corrected chi connectivity index (χ1v) is 9.75. The number of aromatic nitrogens is 2. The predicted molar refractivity (Wildman–Crippen MR) is 110 cm³/mol. The van der Waals surface area contributed by atoms with Gasteiger partial charge in [0.1, 0.15) is 18.0 Å². The van der Waals surface area contributed by atoms with Crippen molar-refractivity contribution in [2.45, 2.75) is 18.6 Å². The van der Waals surface area contributed by atoms with Gasteiger partial charge in [-0.15, -0.1) is 0 Å². The van der Waals surface area contributed by atoms with E-state index in [1.807, 2.05) is 30.3 Å². The van der Waals surface area contributed by atoms with E-state index in [1.165, 1.54) is 19.2 Å². The molecule has 11 nitrogen and oxygen atoms in total. The normalized spacial score (nSPS) is 19.6. The molecule has 0 spiro atoms. The molecule has 2 aromatic carbocycles. The lowest BCUT2D eigenvalue weighted by atomic mass is 10.1. The Balaban J connectivity index is 1.39. The summed E-state index contributed by atoms with van der Waals surface area (Å²) in [5.41, 5.74) is 1.14. The van der Waals surface area contributed by atoms with Gasteiger partial charge in [0.05, 0.1) is 19.9 Å². The number of anilines is 1. The van der Waals surface area contributed by atoms with Crippen molar-refractivity contribution in [3.8, 4) is 22.9 Å². The fraction of sp³-hybridized carbons (Fsp3) is 0.238. The number of carbonyl (C=O) groups excluding carboxylic acids is 2.